The fraction of sp³-hybridized carbons (Fsp3) is 0.0833. The van der Waals surface area contributed by atoms with Gasteiger partial charge in [-0.15, -0.1) is 0 Å². The van der Waals surface area contributed by atoms with Gasteiger partial charge in [-0.2, -0.15) is 0 Å². The molecule has 2 rings (SSSR count). The van der Waals surface area contributed by atoms with Crippen LogP contribution in [-0.4, -0.2) is 12.9 Å². The van der Waals surface area contributed by atoms with E-state index in [1.807, 2.05) is 6.07 Å². The van der Waals surface area contributed by atoms with Crippen molar-refractivity contribution < 1.29 is 13.9 Å². The van der Waals surface area contributed by atoms with Crippen LogP contribution in [0.2, 0.25) is 5.22 Å². The smallest absolute Gasteiger partial charge is 0.232 e. The van der Waals surface area contributed by atoms with Crippen molar-refractivity contribution >= 4 is 40.0 Å². The highest BCUT2D eigenvalue weighted by Crippen LogP contribution is 2.25. The molecule has 0 radical (unpaired) electrons. The van der Waals surface area contributed by atoms with Crippen LogP contribution in [0.3, 0.4) is 0 Å². The lowest BCUT2D eigenvalue weighted by Gasteiger charge is -2.06. The maximum Gasteiger partial charge on any atom is 0.232 e. The minimum absolute atomic E-state index is 0.193. The third-order valence-corrected chi connectivity index (χ3v) is 3.08. The van der Waals surface area contributed by atoms with Gasteiger partial charge in [-0.3, -0.25) is 4.79 Å². The summed E-state index contributed by atoms with van der Waals surface area (Å²) < 4.78 is 11.2. The van der Waals surface area contributed by atoms with Crippen molar-refractivity contribution in [3.05, 3.63) is 50.4 Å². The van der Waals surface area contributed by atoms with Crippen LogP contribution in [0.1, 0.15) is 16.1 Å². The Balaban J connectivity index is 2.46. The van der Waals surface area contributed by atoms with Gasteiger partial charge in [-0.1, -0.05) is 0 Å². The van der Waals surface area contributed by atoms with Crippen LogP contribution in [0, 0.1) is 3.57 Å². The van der Waals surface area contributed by atoms with E-state index in [0.29, 0.717) is 11.3 Å². The van der Waals surface area contributed by atoms with Gasteiger partial charge < -0.3 is 9.15 Å². The zero-order valence-corrected chi connectivity index (χ0v) is 11.8. The highest BCUT2D eigenvalue weighted by molar-refractivity contribution is 14.1. The minimum Gasteiger partial charge on any atom is -0.496 e. The van der Waals surface area contributed by atoms with Gasteiger partial charge in [-0.25, -0.2) is 0 Å². The molecule has 5 heteroatoms. The summed E-state index contributed by atoms with van der Waals surface area (Å²) in [5.41, 5.74) is 0.463. The molecule has 0 saturated carbocycles. The van der Waals surface area contributed by atoms with Gasteiger partial charge in [0.05, 0.1) is 12.7 Å². The second-order valence-corrected chi connectivity index (χ2v) is 4.90. The van der Waals surface area contributed by atoms with Gasteiger partial charge in [0, 0.05) is 3.57 Å². The van der Waals surface area contributed by atoms with Crippen LogP contribution in [0.5, 0.6) is 5.75 Å². The number of rotatable bonds is 3. The van der Waals surface area contributed by atoms with Gasteiger partial charge >= 0.3 is 0 Å². The standard InChI is InChI=1S/C12H8ClIO3/c1-16-9-3-2-7(14)6-8(9)12(15)10-4-5-11(13)17-10/h2-6H,1H3. The Labute approximate surface area is 117 Å². The molecule has 0 saturated heterocycles. The normalized spacial score (nSPS) is 10.3. The first-order valence-corrected chi connectivity index (χ1v) is 6.21. The number of hydrogen-bond donors (Lipinski definition) is 0. The van der Waals surface area contributed by atoms with Crippen LogP contribution in [0.4, 0.5) is 0 Å². The van der Waals surface area contributed by atoms with E-state index < -0.39 is 0 Å². The lowest BCUT2D eigenvalue weighted by molar-refractivity contribution is 0.101. The lowest BCUT2D eigenvalue weighted by atomic mass is 10.1. The van der Waals surface area contributed by atoms with Gasteiger partial charge in [0.2, 0.25) is 5.78 Å². The summed E-state index contributed by atoms with van der Waals surface area (Å²) in [5, 5.41) is 0.193. The zero-order valence-electron chi connectivity index (χ0n) is 8.87. The quantitative estimate of drug-likeness (QED) is 0.616. The fourth-order valence-corrected chi connectivity index (χ4v) is 2.06. The molecular weight excluding hydrogens is 354 g/mol. The van der Waals surface area contributed by atoms with E-state index >= 15 is 0 Å². The average molecular weight is 363 g/mol. The average Bonchev–Trinajstić information content (AvgIpc) is 2.75. The van der Waals surface area contributed by atoms with E-state index in [-0.39, 0.29) is 16.8 Å². The van der Waals surface area contributed by atoms with Crippen molar-refractivity contribution in [3.63, 3.8) is 0 Å². The van der Waals surface area contributed by atoms with Crippen molar-refractivity contribution in [2.75, 3.05) is 7.11 Å². The predicted molar refractivity (Wildman–Crippen MR) is 72.9 cm³/mol. The van der Waals surface area contributed by atoms with Crippen LogP contribution in [-0.2, 0) is 0 Å². The third-order valence-electron chi connectivity index (χ3n) is 2.20. The molecule has 0 fully saturated rings. The van der Waals surface area contributed by atoms with Gasteiger partial charge in [0.25, 0.3) is 0 Å². The summed E-state index contributed by atoms with van der Waals surface area (Å²) in [7, 11) is 1.52. The number of halogens is 2. The molecule has 2 aromatic rings. The second kappa shape index (κ2) is 5.10. The first-order valence-electron chi connectivity index (χ1n) is 4.75. The van der Waals surface area contributed by atoms with E-state index in [0.717, 1.165) is 3.57 Å². The minimum atomic E-state index is -0.243. The summed E-state index contributed by atoms with van der Waals surface area (Å²) in [4.78, 5) is 12.2. The molecule has 1 aromatic carbocycles. The van der Waals surface area contributed by atoms with Crippen molar-refractivity contribution in [1.29, 1.82) is 0 Å². The van der Waals surface area contributed by atoms with Crippen molar-refractivity contribution in [1.82, 2.24) is 0 Å². The van der Waals surface area contributed by atoms with Crippen molar-refractivity contribution in [2.24, 2.45) is 0 Å². The number of carbonyl (C=O) groups excluding carboxylic acids is 1. The van der Waals surface area contributed by atoms with E-state index in [1.165, 1.54) is 13.2 Å². The largest absolute Gasteiger partial charge is 0.496 e. The zero-order chi connectivity index (χ0) is 12.4. The van der Waals surface area contributed by atoms with E-state index in [9.17, 15) is 4.79 Å². The molecule has 0 aliphatic rings. The highest BCUT2D eigenvalue weighted by atomic mass is 127. The Kier molecular flexibility index (Phi) is 3.73. The van der Waals surface area contributed by atoms with Gasteiger partial charge in [0.1, 0.15) is 5.75 Å². The van der Waals surface area contributed by atoms with E-state index in [2.05, 4.69) is 22.6 Å². The maximum absolute atomic E-state index is 12.2. The highest BCUT2D eigenvalue weighted by Gasteiger charge is 2.18. The Morgan fingerprint density at radius 3 is 2.71 bits per heavy atom. The number of carbonyl (C=O) groups is 1. The number of ether oxygens (including phenoxy) is 1. The Morgan fingerprint density at radius 1 is 1.35 bits per heavy atom. The number of hydrogen-bond acceptors (Lipinski definition) is 3. The lowest BCUT2D eigenvalue weighted by Crippen LogP contribution is -2.03. The van der Waals surface area contributed by atoms with E-state index in [1.54, 1.807) is 18.2 Å². The SMILES string of the molecule is COc1ccc(I)cc1C(=O)c1ccc(Cl)o1. The molecule has 1 heterocycles. The summed E-state index contributed by atoms with van der Waals surface area (Å²) >= 11 is 7.78. The number of methoxy groups -OCH3 is 1. The topological polar surface area (TPSA) is 39.4 Å². The maximum atomic E-state index is 12.2. The van der Waals surface area contributed by atoms with Gasteiger partial charge in [-0.05, 0) is 64.5 Å². The van der Waals surface area contributed by atoms with Crippen LogP contribution >= 0.6 is 34.2 Å². The number of furan rings is 1. The number of ketones is 1. The molecule has 0 bridgehead atoms. The van der Waals surface area contributed by atoms with Crippen molar-refractivity contribution in [3.8, 4) is 5.75 Å². The molecule has 17 heavy (non-hydrogen) atoms. The molecule has 0 N–H and O–H groups in total. The van der Waals surface area contributed by atoms with Gasteiger partial charge in [0.15, 0.2) is 11.0 Å². The molecule has 88 valence electrons. The Hall–Kier alpha value is -1.01. The molecule has 0 spiro atoms. The Bertz CT molecular complexity index is 563. The molecule has 0 aliphatic heterocycles. The Morgan fingerprint density at radius 2 is 2.12 bits per heavy atom. The molecule has 1 aromatic heterocycles. The molecule has 0 amide bonds. The second-order valence-electron chi connectivity index (χ2n) is 3.28. The van der Waals surface area contributed by atoms with Crippen LogP contribution < -0.4 is 4.74 Å². The summed E-state index contributed by atoms with van der Waals surface area (Å²) in [6, 6.07) is 8.45. The third kappa shape index (κ3) is 2.63. The van der Waals surface area contributed by atoms with Crippen molar-refractivity contribution in [2.45, 2.75) is 0 Å². The summed E-state index contributed by atoms with van der Waals surface area (Å²) in [6.07, 6.45) is 0. The summed E-state index contributed by atoms with van der Waals surface area (Å²) in [5.74, 6) is 0.477. The molecule has 0 atom stereocenters. The van der Waals surface area contributed by atoms with E-state index in [4.69, 9.17) is 20.8 Å². The van der Waals surface area contributed by atoms with Crippen LogP contribution in [0.15, 0.2) is 34.7 Å². The molecular formula is C12H8ClIO3. The predicted octanol–water partition coefficient (Wildman–Crippen LogP) is 3.78. The molecule has 3 nitrogen and oxygen atoms in total. The number of benzene rings is 1. The first kappa shape index (κ1) is 12.4. The molecule has 0 unspecified atom stereocenters. The summed E-state index contributed by atoms with van der Waals surface area (Å²) in [6.45, 7) is 0. The fourth-order valence-electron chi connectivity index (χ4n) is 1.43. The first-order chi connectivity index (χ1) is 8.11. The monoisotopic (exact) mass is 362 g/mol. The van der Waals surface area contributed by atoms with Crippen LogP contribution in [0.25, 0.3) is 0 Å². The molecule has 0 aliphatic carbocycles.